The summed E-state index contributed by atoms with van der Waals surface area (Å²) in [5, 5.41) is 0. The minimum atomic E-state index is 0.122. The van der Waals surface area contributed by atoms with Crippen molar-refractivity contribution in [2.45, 2.75) is 45.3 Å². The molecule has 0 bridgehead atoms. The molecule has 0 saturated heterocycles. The molecule has 1 amide bonds. The van der Waals surface area contributed by atoms with Gasteiger partial charge in [0.25, 0.3) is 0 Å². The van der Waals surface area contributed by atoms with Crippen LogP contribution in [-0.4, -0.2) is 42.5 Å². The summed E-state index contributed by atoms with van der Waals surface area (Å²) >= 11 is 5.73. The lowest BCUT2D eigenvalue weighted by molar-refractivity contribution is -0.134. The molecule has 1 aliphatic carbocycles. The molecule has 0 radical (unpaired) electrons. The molecule has 0 aliphatic heterocycles. The largest absolute Gasteiger partial charge is 0.378 e. The number of alkyl halides is 1. The van der Waals surface area contributed by atoms with Crippen LogP contribution in [0.3, 0.4) is 0 Å². The van der Waals surface area contributed by atoms with E-state index in [1.54, 1.807) is 4.90 Å². The van der Waals surface area contributed by atoms with Gasteiger partial charge in [-0.25, -0.2) is 0 Å². The zero-order valence-electron chi connectivity index (χ0n) is 10.4. The minimum absolute atomic E-state index is 0.122. The average Bonchev–Trinajstić information content (AvgIpc) is 2.23. The van der Waals surface area contributed by atoms with Crippen LogP contribution in [0.1, 0.15) is 33.1 Å². The highest BCUT2D eigenvalue weighted by atomic mass is 35.5. The molecule has 4 heteroatoms. The molecule has 0 spiro atoms. The van der Waals surface area contributed by atoms with Gasteiger partial charge in [0.2, 0.25) is 5.91 Å². The maximum absolute atomic E-state index is 11.8. The molecule has 1 atom stereocenters. The van der Waals surface area contributed by atoms with E-state index < -0.39 is 0 Å². The van der Waals surface area contributed by atoms with E-state index in [-0.39, 0.29) is 11.9 Å². The zero-order valence-corrected chi connectivity index (χ0v) is 11.2. The number of ether oxygens (including phenoxy) is 1. The minimum Gasteiger partial charge on any atom is -0.378 e. The van der Waals surface area contributed by atoms with E-state index in [9.17, 15) is 4.79 Å². The number of halogens is 1. The Balaban J connectivity index is 2.21. The molecule has 94 valence electrons. The first-order chi connectivity index (χ1) is 7.58. The summed E-state index contributed by atoms with van der Waals surface area (Å²) in [5.41, 5.74) is 0. The van der Waals surface area contributed by atoms with Gasteiger partial charge in [-0.2, -0.15) is 0 Å². The van der Waals surface area contributed by atoms with Gasteiger partial charge in [0, 0.05) is 32.0 Å². The number of nitrogens with zero attached hydrogens (tertiary/aromatic N) is 1. The molecule has 1 unspecified atom stereocenters. The number of carbonyl (C=O) groups excluding carboxylic acids is 1. The Morgan fingerprint density at radius 3 is 2.69 bits per heavy atom. The third-order valence-corrected chi connectivity index (χ3v) is 3.78. The second kappa shape index (κ2) is 6.45. The summed E-state index contributed by atoms with van der Waals surface area (Å²) in [4.78, 5) is 13.6. The van der Waals surface area contributed by atoms with E-state index in [2.05, 4.69) is 0 Å². The summed E-state index contributed by atoms with van der Waals surface area (Å²) in [6, 6.07) is 0.122. The summed E-state index contributed by atoms with van der Waals surface area (Å²) in [7, 11) is 1.83. The first kappa shape index (κ1) is 13.8. The third-order valence-electron chi connectivity index (χ3n) is 3.34. The number of amides is 1. The lowest BCUT2D eigenvalue weighted by Gasteiger charge is -2.36. The first-order valence-corrected chi connectivity index (χ1v) is 6.55. The number of rotatable bonds is 6. The maximum Gasteiger partial charge on any atom is 0.222 e. The summed E-state index contributed by atoms with van der Waals surface area (Å²) < 4.78 is 5.47. The highest BCUT2D eigenvalue weighted by molar-refractivity contribution is 6.18. The van der Waals surface area contributed by atoms with Crippen LogP contribution < -0.4 is 0 Å². The fourth-order valence-corrected chi connectivity index (χ4v) is 2.16. The standard InChI is InChI=1S/C12H22ClNO2/c1-4-16-11-5-10(6-11)7-12(15)14(3)9(2)8-13/h9-11H,4-8H2,1-3H3. The Morgan fingerprint density at radius 2 is 2.19 bits per heavy atom. The van der Waals surface area contributed by atoms with Gasteiger partial charge in [-0.05, 0) is 32.6 Å². The molecular weight excluding hydrogens is 226 g/mol. The molecule has 1 rings (SSSR count). The normalized spacial score (nSPS) is 26.0. The number of hydrogen-bond acceptors (Lipinski definition) is 2. The average molecular weight is 248 g/mol. The van der Waals surface area contributed by atoms with Crippen molar-refractivity contribution in [2.75, 3.05) is 19.5 Å². The van der Waals surface area contributed by atoms with Gasteiger partial charge < -0.3 is 9.64 Å². The summed E-state index contributed by atoms with van der Waals surface area (Å²) in [6.45, 7) is 4.75. The SMILES string of the molecule is CCOC1CC(CC(=O)N(C)C(C)CCl)C1. The van der Waals surface area contributed by atoms with Crippen molar-refractivity contribution in [1.82, 2.24) is 4.90 Å². The molecule has 3 nitrogen and oxygen atoms in total. The Bertz CT molecular complexity index is 229. The molecule has 0 heterocycles. The van der Waals surface area contributed by atoms with Gasteiger partial charge >= 0.3 is 0 Å². The van der Waals surface area contributed by atoms with Crippen LogP contribution in [0.5, 0.6) is 0 Å². The van der Waals surface area contributed by atoms with Gasteiger partial charge in [-0.3, -0.25) is 4.79 Å². The molecule has 1 fully saturated rings. The Hall–Kier alpha value is -0.280. The predicted molar refractivity (Wildman–Crippen MR) is 65.7 cm³/mol. The highest BCUT2D eigenvalue weighted by Gasteiger charge is 2.32. The Kier molecular flexibility index (Phi) is 5.56. The van der Waals surface area contributed by atoms with Gasteiger partial charge in [-0.1, -0.05) is 0 Å². The molecular formula is C12H22ClNO2. The summed E-state index contributed by atoms with van der Waals surface area (Å²) in [5.74, 6) is 1.20. The fraction of sp³-hybridized carbons (Fsp3) is 0.917. The molecule has 1 saturated carbocycles. The number of hydrogen-bond donors (Lipinski definition) is 0. The topological polar surface area (TPSA) is 29.5 Å². The third kappa shape index (κ3) is 3.63. The van der Waals surface area contributed by atoms with Crippen LogP contribution in [0.25, 0.3) is 0 Å². The van der Waals surface area contributed by atoms with E-state index in [0.29, 0.717) is 24.3 Å². The van der Waals surface area contributed by atoms with Crippen molar-refractivity contribution < 1.29 is 9.53 Å². The second-order valence-corrected chi connectivity index (χ2v) is 4.94. The monoisotopic (exact) mass is 247 g/mol. The molecule has 0 aromatic carbocycles. The quantitative estimate of drug-likeness (QED) is 0.674. The van der Waals surface area contributed by atoms with Crippen molar-refractivity contribution >= 4 is 17.5 Å². The van der Waals surface area contributed by atoms with Crippen LogP contribution in [0.2, 0.25) is 0 Å². The maximum atomic E-state index is 11.8. The van der Waals surface area contributed by atoms with Crippen LogP contribution in [-0.2, 0) is 9.53 Å². The molecule has 1 aliphatic rings. The van der Waals surface area contributed by atoms with Crippen molar-refractivity contribution in [1.29, 1.82) is 0 Å². The van der Waals surface area contributed by atoms with Crippen molar-refractivity contribution in [3.05, 3.63) is 0 Å². The molecule has 0 aromatic rings. The van der Waals surface area contributed by atoms with E-state index in [1.807, 2.05) is 20.9 Å². The van der Waals surface area contributed by atoms with Crippen LogP contribution in [0.4, 0.5) is 0 Å². The second-order valence-electron chi connectivity index (χ2n) is 4.63. The van der Waals surface area contributed by atoms with Crippen molar-refractivity contribution in [3.8, 4) is 0 Å². The van der Waals surface area contributed by atoms with E-state index in [4.69, 9.17) is 16.3 Å². The van der Waals surface area contributed by atoms with Crippen LogP contribution in [0.15, 0.2) is 0 Å². The Morgan fingerprint density at radius 1 is 1.56 bits per heavy atom. The highest BCUT2D eigenvalue weighted by Crippen LogP contribution is 2.33. The molecule has 16 heavy (non-hydrogen) atoms. The lowest BCUT2D eigenvalue weighted by atomic mass is 9.79. The fourth-order valence-electron chi connectivity index (χ4n) is 1.95. The predicted octanol–water partition coefficient (Wildman–Crippen LogP) is 2.28. The first-order valence-electron chi connectivity index (χ1n) is 6.01. The summed E-state index contributed by atoms with van der Waals surface area (Å²) in [6.07, 6.45) is 3.09. The molecule has 0 aromatic heterocycles. The van der Waals surface area contributed by atoms with E-state index in [1.165, 1.54) is 0 Å². The molecule has 0 N–H and O–H groups in total. The van der Waals surface area contributed by atoms with Crippen molar-refractivity contribution in [3.63, 3.8) is 0 Å². The van der Waals surface area contributed by atoms with Crippen LogP contribution in [0, 0.1) is 5.92 Å². The lowest BCUT2D eigenvalue weighted by Crippen LogP contribution is -2.40. The smallest absolute Gasteiger partial charge is 0.222 e. The van der Waals surface area contributed by atoms with E-state index in [0.717, 1.165) is 19.4 Å². The van der Waals surface area contributed by atoms with Crippen LogP contribution >= 0.6 is 11.6 Å². The van der Waals surface area contributed by atoms with Gasteiger partial charge in [0.1, 0.15) is 0 Å². The number of carbonyl (C=O) groups is 1. The van der Waals surface area contributed by atoms with E-state index >= 15 is 0 Å². The zero-order chi connectivity index (χ0) is 12.1. The van der Waals surface area contributed by atoms with Gasteiger partial charge in [0.05, 0.1) is 6.10 Å². The Labute approximate surface area is 103 Å². The van der Waals surface area contributed by atoms with Crippen molar-refractivity contribution in [2.24, 2.45) is 5.92 Å². The van der Waals surface area contributed by atoms with Gasteiger partial charge in [-0.15, -0.1) is 11.6 Å². The van der Waals surface area contributed by atoms with Gasteiger partial charge in [0.15, 0.2) is 0 Å².